The molecule has 0 aromatic heterocycles. The first-order valence-electron chi connectivity index (χ1n) is 6.83. The van der Waals surface area contributed by atoms with Gasteiger partial charge in [0.2, 0.25) is 10.0 Å². The highest BCUT2D eigenvalue weighted by molar-refractivity contribution is 7.89. The Morgan fingerprint density at radius 1 is 1.43 bits per heavy atom. The number of benzene rings is 1. The van der Waals surface area contributed by atoms with E-state index in [1.165, 1.54) is 6.07 Å². The number of hydrogen-bond acceptors (Lipinski definition) is 3. The molecule has 0 spiro atoms. The number of sulfonamides is 1. The molecule has 0 atom stereocenters. The van der Waals surface area contributed by atoms with Gasteiger partial charge in [0.1, 0.15) is 10.7 Å². The largest absolute Gasteiger partial charge is 0.336 e. The van der Waals surface area contributed by atoms with Crippen LogP contribution in [0.4, 0.5) is 4.39 Å². The van der Waals surface area contributed by atoms with Crippen molar-refractivity contribution in [2.45, 2.75) is 37.6 Å². The van der Waals surface area contributed by atoms with Gasteiger partial charge in [0, 0.05) is 18.2 Å². The van der Waals surface area contributed by atoms with Gasteiger partial charge in [-0.15, -0.1) is 0 Å². The van der Waals surface area contributed by atoms with E-state index in [9.17, 15) is 17.6 Å². The molecule has 1 aliphatic rings. The SMILES string of the molecule is CC(C)N(CC1CC1)C(=O)c1ccc(F)c(S(N)(=O)=O)c1. The van der Waals surface area contributed by atoms with Gasteiger partial charge < -0.3 is 4.90 Å². The number of carbonyl (C=O) groups excluding carboxylic acids is 1. The zero-order valence-corrected chi connectivity index (χ0v) is 12.9. The maximum atomic E-state index is 13.5. The van der Waals surface area contributed by atoms with Crippen LogP contribution >= 0.6 is 0 Å². The second-order valence-electron chi connectivity index (χ2n) is 5.68. The van der Waals surface area contributed by atoms with E-state index in [0.29, 0.717) is 12.5 Å². The average Bonchev–Trinajstić information content (AvgIpc) is 3.18. The second-order valence-corrected chi connectivity index (χ2v) is 7.21. The summed E-state index contributed by atoms with van der Waals surface area (Å²) < 4.78 is 36.2. The van der Waals surface area contributed by atoms with E-state index in [1.54, 1.807) is 4.90 Å². The standard InChI is InChI=1S/C14H19FN2O3S/c1-9(2)17(8-10-3-4-10)14(18)11-5-6-12(15)13(7-11)21(16,19)20/h5-7,9-10H,3-4,8H2,1-2H3,(H2,16,19,20). The van der Waals surface area contributed by atoms with Crippen molar-refractivity contribution in [2.75, 3.05) is 6.54 Å². The van der Waals surface area contributed by atoms with Crippen LogP contribution in [0.25, 0.3) is 0 Å². The molecule has 1 amide bonds. The molecule has 2 rings (SSSR count). The van der Waals surface area contributed by atoms with Gasteiger partial charge in [-0.05, 0) is 50.8 Å². The molecule has 0 saturated heterocycles. The summed E-state index contributed by atoms with van der Waals surface area (Å²) in [4.78, 5) is 13.5. The number of halogens is 1. The van der Waals surface area contributed by atoms with Gasteiger partial charge in [-0.2, -0.15) is 0 Å². The minimum absolute atomic E-state index is 0.0129. The molecule has 5 nitrogen and oxygen atoms in total. The molecule has 0 radical (unpaired) electrons. The molecule has 0 aliphatic heterocycles. The number of amides is 1. The summed E-state index contributed by atoms with van der Waals surface area (Å²) in [5, 5.41) is 4.96. The van der Waals surface area contributed by atoms with Crippen molar-refractivity contribution < 1.29 is 17.6 Å². The zero-order valence-electron chi connectivity index (χ0n) is 12.0. The van der Waals surface area contributed by atoms with Crippen molar-refractivity contribution in [3.63, 3.8) is 0 Å². The maximum absolute atomic E-state index is 13.5. The number of nitrogens with two attached hydrogens (primary N) is 1. The third-order valence-corrected chi connectivity index (χ3v) is 4.45. The van der Waals surface area contributed by atoms with Crippen LogP contribution < -0.4 is 5.14 Å². The van der Waals surface area contributed by atoms with Crippen LogP contribution in [0.2, 0.25) is 0 Å². The molecular weight excluding hydrogens is 295 g/mol. The van der Waals surface area contributed by atoms with Gasteiger partial charge in [-0.1, -0.05) is 0 Å². The fourth-order valence-corrected chi connectivity index (χ4v) is 2.76. The molecule has 1 aliphatic carbocycles. The van der Waals surface area contributed by atoms with Gasteiger partial charge in [0.05, 0.1) is 0 Å². The lowest BCUT2D eigenvalue weighted by Crippen LogP contribution is -2.38. The molecule has 1 fully saturated rings. The summed E-state index contributed by atoms with van der Waals surface area (Å²) >= 11 is 0. The Morgan fingerprint density at radius 3 is 2.52 bits per heavy atom. The van der Waals surface area contributed by atoms with Crippen molar-refractivity contribution in [3.05, 3.63) is 29.6 Å². The molecule has 2 N–H and O–H groups in total. The van der Waals surface area contributed by atoms with Crippen LogP contribution in [-0.4, -0.2) is 31.8 Å². The molecule has 1 saturated carbocycles. The fraction of sp³-hybridized carbons (Fsp3) is 0.500. The second kappa shape index (κ2) is 5.73. The highest BCUT2D eigenvalue weighted by atomic mass is 32.2. The monoisotopic (exact) mass is 314 g/mol. The highest BCUT2D eigenvalue weighted by Gasteiger charge is 2.29. The summed E-state index contributed by atoms with van der Waals surface area (Å²) in [6.07, 6.45) is 2.20. The van der Waals surface area contributed by atoms with E-state index in [-0.39, 0.29) is 17.5 Å². The van der Waals surface area contributed by atoms with Gasteiger partial charge >= 0.3 is 0 Å². The summed E-state index contributed by atoms with van der Waals surface area (Å²) in [6.45, 7) is 4.42. The maximum Gasteiger partial charge on any atom is 0.254 e. The minimum atomic E-state index is -4.19. The number of rotatable bonds is 5. The van der Waals surface area contributed by atoms with Crippen molar-refractivity contribution in [1.29, 1.82) is 0 Å². The Hall–Kier alpha value is -1.47. The molecule has 0 heterocycles. The van der Waals surface area contributed by atoms with E-state index >= 15 is 0 Å². The van der Waals surface area contributed by atoms with Gasteiger partial charge in [0.25, 0.3) is 5.91 Å². The van der Waals surface area contributed by atoms with Crippen LogP contribution in [-0.2, 0) is 10.0 Å². The topological polar surface area (TPSA) is 80.5 Å². The lowest BCUT2D eigenvalue weighted by atomic mass is 10.1. The molecule has 0 unspecified atom stereocenters. The fourth-order valence-electron chi connectivity index (χ4n) is 2.13. The molecular formula is C14H19FN2O3S. The lowest BCUT2D eigenvalue weighted by Gasteiger charge is -2.27. The molecule has 0 bridgehead atoms. The Labute approximate surface area is 124 Å². The molecule has 1 aromatic rings. The first-order valence-corrected chi connectivity index (χ1v) is 8.38. The lowest BCUT2D eigenvalue weighted by molar-refractivity contribution is 0.0696. The van der Waals surface area contributed by atoms with Crippen LogP contribution in [0.3, 0.4) is 0 Å². The van der Waals surface area contributed by atoms with E-state index < -0.39 is 20.7 Å². The molecule has 1 aromatic carbocycles. The van der Waals surface area contributed by atoms with E-state index in [2.05, 4.69) is 0 Å². The number of carbonyl (C=O) groups is 1. The predicted octanol–water partition coefficient (Wildman–Crippen LogP) is 1.73. The predicted molar refractivity (Wildman–Crippen MR) is 76.7 cm³/mol. The Bertz CT molecular complexity index is 654. The molecule has 21 heavy (non-hydrogen) atoms. The molecule has 7 heteroatoms. The van der Waals surface area contributed by atoms with Gasteiger partial charge in [-0.25, -0.2) is 17.9 Å². The first kappa shape index (κ1) is 15.9. The average molecular weight is 314 g/mol. The summed E-state index contributed by atoms with van der Waals surface area (Å²) in [5.74, 6) is -0.747. The summed E-state index contributed by atoms with van der Waals surface area (Å²) in [7, 11) is -4.19. The third-order valence-electron chi connectivity index (χ3n) is 3.52. The highest BCUT2D eigenvalue weighted by Crippen LogP contribution is 2.31. The van der Waals surface area contributed by atoms with Crippen molar-refractivity contribution in [2.24, 2.45) is 11.1 Å². The van der Waals surface area contributed by atoms with Crippen LogP contribution in [0.15, 0.2) is 23.1 Å². The Kier molecular flexibility index (Phi) is 4.34. The smallest absolute Gasteiger partial charge is 0.254 e. The first-order chi connectivity index (χ1) is 9.70. The Balaban J connectivity index is 2.33. The van der Waals surface area contributed by atoms with Crippen LogP contribution in [0, 0.1) is 11.7 Å². The van der Waals surface area contributed by atoms with Crippen molar-refractivity contribution >= 4 is 15.9 Å². The minimum Gasteiger partial charge on any atom is -0.336 e. The third kappa shape index (κ3) is 3.79. The van der Waals surface area contributed by atoms with E-state index in [1.807, 2.05) is 13.8 Å². The number of primary sulfonamides is 1. The number of nitrogens with zero attached hydrogens (tertiary/aromatic N) is 1. The van der Waals surface area contributed by atoms with E-state index in [4.69, 9.17) is 5.14 Å². The zero-order chi connectivity index (χ0) is 15.8. The van der Waals surface area contributed by atoms with Crippen molar-refractivity contribution in [3.8, 4) is 0 Å². The summed E-state index contributed by atoms with van der Waals surface area (Å²) in [6, 6.07) is 3.24. The number of hydrogen-bond donors (Lipinski definition) is 1. The van der Waals surface area contributed by atoms with Crippen LogP contribution in [0.1, 0.15) is 37.0 Å². The molecule has 116 valence electrons. The van der Waals surface area contributed by atoms with Gasteiger partial charge in [0.15, 0.2) is 0 Å². The quantitative estimate of drug-likeness (QED) is 0.899. The van der Waals surface area contributed by atoms with E-state index in [0.717, 1.165) is 25.0 Å². The van der Waals surface area contributed by atoms with Crippen molar-refractivity contribution in [1.82, 2.24) is 4.90 Å². The Morgan fingerprint density at radius 2 is 2.05 bits per heavy atom. The van der Waals surface area contributed by atoms with Crippen LogP contribution in [0.5, 0.6) is 0 Å². The normalized spacial score (nSPS) is 15.3. The summed E-state index contributed by atoms with van der Waals surface area (Å²) in [5.41, 5.74) is 0.134. The van der Waals surface area contributed by atoms with Gasteiger partial charge in [-0.3, -0.25) is 4.79 Å².